The van der Waals surface area contributed by atoms with Crippen LogP contribution in [0.4, 0.5) is 11.4 Å². The summed E-state index contributed by atoms with van der Waals surface area (Å²) in [5.74, 6) is 1.20. The average Bonchev–Trinajstić information content (AvgIpc) is 3.65. The number of allylic oxidation sites excluding steroid dienone is 2. The predicted molar refractivity (Wildman–Crippen MR) is 190 cm³/mol. The molecule has 5 nitrogen and oxygen atoms in total. The summed E-state index contributed by atoms with van der Waals surface area (Å²) < 4.78 is 7.01. The van der Waals surface area contributed by atoms with Crippen LogP contribution in [0.3, 0.4) is 0 Å². The van der Waals surface area contributed by atoms with Gasteiger partial charge in [0.2, 0.25) is 13.3 Å². The van der Waals surface area contributed by atoms with Crippen LogP contribution in [0.15, 0.2) is 110 Å². The van der Waals surface area contributed by atoms with Crippen molar-refractivity contribution in [2.45, 2.75) is 25.4 Å². The molecule has 0 bridgehead atoms. The van der Waals surface area contributed by atoms with Crippen LogP contribution in [0.5, 0.6) is 5.75 Å². The molecule has 4 aliphatic rings. The van der Waals surface area contributed by atoms with Gasteiger partial charge in [0.1, 0.15) is 11.9 Å². The van der Waals surface area contributed by atoms with Gasteiger partial charge in [0, 0.05) is 78.3 Å². The molecule has 2 unspecified atom stereocenters. The minimum atomic E-state index is -0.103. The number of rotatable bonds is 4. The number of halogens is 2. The van der Waals surface area contributed by atoms with Gasteiger partial charge in [0.25, 0.3) is 0 Å². The Labute approximate surface area is 285 Å². The van der Waals surface area contributed by atoms with E-state index in [9.17, 15) is 0 Å². The Hall–Kier alpha value is -2.26. The van der Waals surface area contributed by atoms with Gasteiger partial charge in [-0.05, 0) is 35.4 Å². The molecule has 43 heavy (non-hydrogen) atoms. The van der Waals surface area contributed by atoms with Gasteiger partial charge in [0.15, 0.2) is 0 Å². The molecule has 222 valence electrons. The van der Waals surface area contributed by atoms with Gasteiger partial charge >= 0.3 is 49.8 Å². The van der Waals surface area contributed by atoms with E-state index in [-0.39, 0.29) is 17.4 Å². The summed E-state index contributed by atoms with van der Waals surface area (Å²) in [6, 6.07) is 23.9. The number of nitrogens with zero attached hydrogens (tertiary/aromatic N) is 4. The number of para-hydroxylation sites is 1. The number of hydrogen-bond donors (Lipinski definition) is 0. The summed E-state index contributed by atoms with van der Waals surface area (Å²) in [5, 5.41) is 0. The third-order valence-corrected chi connectivity index (χ3v) is 8.36. The molecular weight excluding hydrogens is 853 g/mol. The number of fused-ring (bicyclic) bond motifs is 2. The Morgan fingerprint density at radius 2 is 1.33 bits per heavy atom. The Balaban J connectivity index is 0.00000105. The molecule has 3 aromatic carbocycles. The first-order chi connectivity index (χ1) is 20.8. The maximum atomic E-state index is 7.01. The molecule has 4 radical (unpaired) electrons. The molecule has 0 fully saturated rings. The molecule has 2 atom stereocenters. The van der Waals surface area contributed by atoms with Crippen molar-refractivity contribution < 1.29 is 15.5 Å². The van der Waals surface area contributed by atoms with Crippen molar-refractivity contribution in [3.63, 3.8) is 0 Å². The fourth-order valence-corrected chi connectivity index (χ4v) is 6.10. The third-order valence-electron chi connectivity index (χ3n) is 8.36. The summed E-state index contributed by atoms with van der Waals surface area (Å²) in [6.07, 6.45) is 14.7. The van der Waals surface area contributed by atoms with E-state index in [0.717, 1.165) is 39.0 Å². The van der Waals surface area contributed by atoms with Crippen molar-refractivity contribution in [3.8, 4) is 16.9 Å². The second-order valence-electron chi connectivity index (χ2n) is 11.4. The summed E-state index contributed by atoms with van der Waals surface area (Å²) >= 11 is 4.65. The van der Waals surface area contributed by atoms with E-state index in [2.05, 4.69) is 151 Å². The molecule has 3 heterocycles. The molecule has 7 rings (SSSR count). The SMILES string of the molecule is CN1[C]N(c2ccc(C3=CC=CC4C3Oc3c(-c5ccc(N6[C]N(C)C=C6)cc5)cccc3C4(C)C)cc2)C=C1.[I][Pd][I]. The number of anilines is 2. The summed E-state index contributed by atoms with van der Waals surface area (Å²) in [7, 11) is 4.85. The van der Waals surface area contributed by atoms with Gasteiger partial charge in [-0.2, -0.15) is 0 Å². The Morgan fingerprint density at radius 1 is 0.767 bits per heavy atom. The third kappa shape index (κ3) is 6.18. The van der Waals surface area contributed by atoms with Crippen molar-refractivity contribution in [2.24, 2.45) is 5.92 Å². The van der Waals surface area contributed by atoms with Crippen LogP contribution in [0.25, 0.3) is 16.7 Å². The van der Waals surface area contributed by atoms with Crippen LogP contribution in [0, 0.1) is 19.3 Å². The second-order valence-corrected chi connectivity index (χ2v) is 23.4. The maximum absolute atomic E-state index is 7.01. The van der Waals surface area contributed by atoms with Crippen molar-refractivity contribution in [2.75, 3.05) is 23.9 Å². The van der Waals surface area contributed by atoms with Crippen LogP contribution in [0.1, 0.15) is 25.0 Å². The molecule has 0 amide bonds. The van der Waals surface area contributed by atoms with Gasteiger partial charge in [-0.1, -0.05) is 74.5 Å². The minimum absolute atomic E-state index is 0.0795. The molecule has 0 aromatic heterocycles. The molecule has 0 saturated heterocycles. The van der Waals surface area contributed by atoms with Gasteiger partial charge in [0.05, 0.1) is 0 Å². The van der Waals surface area contributed by atoms with Crippen molar-refractivity contribution in [1.82, 2.24) is 9.80 Å². The Kier molecular flexibility index (Phi) is 9.30. The first-order valence-electron chi connectivity index (χ1n) is 14.0. The van der Waals surface area contributed by atoms with Gasteiger partial charge in [-0.3, -0.25) is 0 Å². The van der Waals surface area contributed by atoms with Crippen molar-refractivity contribution in [1.29, 1.82) is 0 Å². The van der Waals surface area contributed by atoms with E-state index in [1.807, 2.05) is 58.5 Å². The van der Waals surface area contributed by atoms with E-state index >= 15 is 0 Å². The van der Waals surface area contributed by atoms with E-state index in [1.165, 1.54) is 16.7 Å². The fraction of sp³-hybridized carbons (Fsp3) is 0.200. The molecule has 0 spiro atoms. The van der Waals surface area contributed by atoms with E-state index in [0.29, 0.717) is 0 Å². The standard InChI is InChI=1S/C35H32N4O.2HI.Pd/c1-35(2)31-9-5-7-29(25-11-15-27(16-12-25)38-21-19-36(3)23-38)33(31)40-34-30(8-6-10-32(34)35)26-13-17-28(18-14-26)39-22-20-37(4)24-39;;;/h5-22,31,33H,1-4H3;2*1H;/q;;;+2/p-2. The number of benzene rings is 3. The topological polar surface area (TPSA) is 22.2 Å². The van der Waals surface area contributed by atoms with Crippen LogP contribution >= 0.6 is 39.0 Å². The van der Waals surface area contributed by atoms with Gasteiger partial charge in [-0.25, -0.2) is 0 Å². The molecule has 8 heteroatoms. The summed E-state index contributed by atoms with van der Waals surface area (Å²) in [5.41, 5.74) is 7.96. The first kappa shape index (κ1) is 30.8. The first-order valence-corrected chi connectivity index (χ1v) is 23.2. The monoisotopic (exact) mass is 884 g/mol. The van der Waals surface area contributed by atoms with Gasteiger partial charge in [-0.15, -0.1) is 0 Å². The van der Waals surface area contributed by atoms with Crippen molar-refractivity contribution >= 4 is 56.0 Å². The van der Waals surface area contributed by atoms with E-state index in [1.54, 1.807) is 0 Å². The zero-order valence-electron chi connectivity index (χ0n) is 24.3. The summed E-state index contributed by atoms with van der Waals surface area (Å²) in [4.78, 5) is 7.85. The van der Waals surface area contributed by atoms with Gasteiger partial charge < -0.3 is 24.3 Å². The van der Waals surface area contributed by atoms with E-state index < -0.39 is 0 Å². The molecule has 3 aliphatic heterocycles. The van der Waals surface area contributed by atoms with Crippen LogP contribution in [0.2, 0.25) is 0 Å². The quantitative estimate of drug-likeness (QED) is 0.193. The van der Waals surface area contributed by atoms with Crippen LogP contribution in [-0.2, 0) is 16.2 Å². The Morgan fingerprint density at radius 3 is 1.86 bits per heavy atom. The molecule has 1 aliphatic carbocycles. The Bertz CT molecular complexity index is 1580. The zero-order chi connectivity index (χ0) is 30.1. The summed E-state index contributed by atoms with van der Waals surface area (Å²) in [6.45, 7) is 11.2. The molecule has 0 saturated carbocycles. The number of ether oxygens (including phenoxy) is 1. The second kappa shape index (κ2) is 13.0. The molecular formula is C35H32I2N4OPd. The normalized spacial score (nSPS) is 21.3. The van der Waals surface area contributed by atoms with E-state index in [4.69, 9.17) is 4.74 Å². The average molecular weight is 885 g/mol. The number of hydrogen-bond acceptors (Lipinski definition) is 5. The van der Waals surface area contributed by atoms with Crippen LogP contribution < -0.4 is 14.5 Å². The molecule has 3 aromatic rings. The van der Waals surface area contributed by atoms with Crippen LogP contribution in [-0.4, -0.2) is 30.0 Å². The zero-order valence-corrected chi connectivity index (χ0v) is 30.2. The molecule has 0 N–H and O–H groups in total. The predicted octanol–water partition coefficient (Wildman–Crippen LogP) is 8.87. The van der Waals surface area contributed by atoms with Crippen molar-refractivity contribution in [3.05, 3.63) is 134 Å². The fourth-order valence-electron chi connectivity index (χ4n) is 6.10.